The molecular formula is C19H26N4S. The van der Waals surface area contributed by atoms with E-state index in [1.54, 1.807) is 17.7 Å². The zero-order valence-electron chi connectivity index (χ0n) is 15.3. The Balaban J connectivity index is 0.000000199. The van der Waals surface area contributed by atoms with Crippen LogP contribution < -0.4 is 0 Å². The number of hydrogen-bond acceptors (Lipinski definition) is 4. The predicted molar refractivity (Wildman–Crippen MR) is 105 cm³/mol. The molecule has 24 heavy (non-hydrogen) atoms. The third-order valence-corrected chi connectivity index (χ3v) is 4.05. The van der Waals surface area contributed by atoms with E-state index in [1.807, 2.05) is 75.0 Å². The molecule has 4 rings (SSSR count). The molecular weight excluding hydrogens is 316 g/mol. The van der Waals surface area contributed by atoms with Crippen LogP contribution in [-0.4, -0.2) is 19.6 Å². The Morgan fingerprint density at radius 1 is 0.917 bits per heavy atom. The van der Waals surface area contributed by atoms with Gasteiger partial charge in [0.2, 0.25) is 0 Å². The van der Waals surface area contributed by atoms with Gasteiger partial charge in [-0.2, -0.15) is 0 Å². The summed E-state index contributed by atoms with van der Waals surface area (Å²) in [4.78, 5) is 4.20. The molecule has 4 nitrogen and oxygen atoms in total. The van der Waals surface area contributed by atoms with Crippen molar-refractivity contribution in [2.45, 2.75) is 41.5 Å². The highest BCUT2D eigenvalue weighted by molar-refractivity contribution is 7.16. The van der Waals surface area contributed by atoms with Crippen LogP contribution in [0, 0.1) is 13.8 Å². The van der Waals surface area contributed by atoms with Crippen LogP contribution >= 0.6 is 11.3 Å². The molecule has 0 unspecified atom stereocenters. The number of thiazole rings is 1. The molecule has 0 aliphatic carbocycles. The molecule has 0 spiro atoms. The monoisotopic (exact) mass is 342 g/mol. The number of hydrogen-bond donors (Lipinski definition) is 0. The molecule has 0 aliphatic rings. The summed E-state index contributed by atoms with van der Waals surface area (Å²) in [5, 5.41) is 7.71. The van der Waals surface area contributed by atoms with Crippen LogP contribution in [-0.2, 0) is 0 Å². The van der Waals surface area contributed by atoms with Crippen molar-refractivity contribution in [2.24, 2.45) is 0 Å². The maximum Gasteiger partial charge on any atom is 0.163 e. The third-order valence-electron chi connectivity index (χ3n) is 3.07. The summed E-state index contributed by atoms with van der Waals surface area (Å²) in [5.41, 5.74) is 6.41. The zero-order chi connectivity index (χ0) is 17.9. The molecule has 0 N–H and O–H groups in total. The average Bonchev–Trinajstić information content (AvgIpc) is 3.29. The van der Waals surface area contributed by atoms with Gasteiger partial charge in [-0.1, -0.05) is 45.9 Å². The number of aromatic nitrogens is 4. The topological polar surface area (TPSA) is 43.1 Å². The first kappa shape index (κ1) is 19.8. The fraction of sp³-hybridized carbons (Fsp3) is 0.316. The maximum absolute atomic E-state index is 4.20. The largest absolute Gasteiger partial charge is 0.289 e. The molecule has 0 aliphatic heterocycles. The smallest absolute Gasteiger partial charge is 0.163 e. The Labute approximate surface area is 148 Å². The van der Waals surface area contributed by atoms with Crippen LogP contribution in [0.4, 0.5) is 0 Å². The van der Waals surface area contributed by atoms with Crippen LogP contribution in [0.3, 0.4) is 0 Å². The zero-order valence-corrected chi connectivity index (χ0v) is 16.1. The van der Waals surface area contributed by atoms with Crippen molar-refractivity contribution in [3.05, 3.63) is 59.5 Å². The molecule has 0 atom stereocenters. The first-order chi connectivity index (χ1) is 11.8. The average molecular weight is 343 g/mol. The summed E-state index contributed by atoms with van der Waals surface area (Å²) in [6.07, 6.45) is 3.63. The van der Waals surface area contributed by atoms with E-state index in [0.29, 0.717) is 0 Å². The number of fused-ring (bicyclic) bond motifs is 2. The minimum atomic E-state index is 0.933. The van der Waals surface area contributed by atoms with Crippen molar-refractivity contribution in [2.75, 3.05) is 0 Å². The SMILES string of the molecule is CC.CC.Cc1cccc2ncsc12.Cc1cccn2cnnc12. The van der Waals surface area contributed by atoms with Crippen LogP contribution in [0.15, 0.2) is 48.4 Å². The molecule has 3 aromatic heterocycles. The van der Waals surface area contributed by atoms with Gasteiger partial charge in [-0.05, 0) is 37.1 Å². The minimum Gasteiger partial charge on any atom is -0.289 e. The van der Waals surface area contributed by atoms with Gasteiger partial charge in [-0.3, -0.25) is 4.40 Å². The van der Waals surface area contributed by atoms with Crippen molar-refractivity contribution < 1.29 is 0 Å². The van der Waals surface area contributed by atoms with Crippen LogP contribution in [0.2, 0.25) is 0 Å². The van der Waals surface area contributed by atoms with E-state index in [1.165, 1.54) is 10.3 Å². The van der Waals surface area contributed by atoms with E-state index < -0.39 is 0 Å². The Hall–Kier alpha value is -2.27. The second-order valence-electron chi connectivity index (χ2n) is 4.53. The van der Waals surface area contributed by atoms with Gasteiger partial charge < -0.3 is 0 Å². The Morgan fingerprint density at radius 2 is 1.62 bits per heavy atom. The van der Waals surface area contributed by atoms with E-state index in [-0.39, 0.29) is 0 Å². The van der Waals surface area contributed by atoms with Gasteiger partial charge >= 0.3 is 0 Å². The van der Waals surface area contributed by atoms with Gasteiger partial charge in [0, 0.05) is 6.20 Å². The first-order valence-electron chi connectivity index (χ1n) is 8.29. The highest BCUT2D eigenvalue weighted by Gasteiger charge is 1.96. The predicted octanol–water partition coefficient (Wildman–Crippen LogP) is 5.69. The van der Waals surface area contributed by atoms with Gasteiger partial charge in [0.15, 0.2) is 5.65 Å². The van der Waals surface area contributed by atoms with Gasteiger partial charge in [-0.25, -0.2) is 4.98 Å². The highest BCUT2D eigenvalue weighted by Crippen LogP contribution is 2.20. The van der Waals surface area contributed by atoms with Crippen molar-refractivity contribution in [3.8, 4) is 0 Å². The lowest BCUT2D eigenvalue weighted by Gasteiger charge is -1.92. The highest BCUT2D eigenvalue weighted by atomic mass is 32.1. The molecule has 0 fully saturated rings. The number of rotatable bonds is 0. The van der Waals surface area contributed by atoms with Crippen LogP contribution in [0.25, 0.3) is 15.9 Å². The first-order valence-corrected chi connectivity index (χ1v) is 9.17. The summed E-state index contributed by atoms with van der Waals surface area (Å²) in [7, 11) is 0. The molecule has 4 aromatic rings. The normalized spacial score (nSPS) is 9.25. The lowest BCUT2D eigenvalue weighted by atomic mass is 10.2. The molecule has 0 bridgehead atoms. The van der Waals surface area contributed by atoms with E-state index in [9.17, 15) is 0 Å². The van der Waals surface area contributed by atoms with Gasteiger partial charge in [-0.15, -0.1) is 21.5 Å². The molecule has 128 valence electrons. The van der Waals surface area contributed by atoms with E-state index >= 15 is 0 Å². The second-order valence-corrected chi connectivity index (χ2v) is 5.38. The van der Waals surface area contributed by atoms with Crippen molar-refractivity contribution in [1.29, 1.82) is 0 Å². The molecule has 3 heterocycles. The van der Waals surface area contributed by atoms with Crippen molar-refractivity contribution in [1.82, 2.24) is 19.6 Å². The third kappa shape index (κ3) is 4.86. The molecule has 1 aromatic carbocycles. The van der Waals surface area contributed by atoms with Crippen LogP contribution in [0.1, 0.15) is 38.8 Å². The Kier molecular flexibility index (Phi) is 8.65. The Bertz CT molecular complexity index is 776. The molecule has 5 heteroatoms. The van der Waals surface area contributed by atoms with Gasteiger partial charge in [0.05, 0.1) is 15.7 Å². The fourth-order valence-corrected chi connectivity index (χ4v) is 2.78. The maximum atomic E-state index is 4.20. The second kappa shape index (κ2) is 10.5. The van der Waals surface area contributed by atoms with Gasteiger partial charge in [0.25, 0.3) is 0 Å². The lowest BCUT2D eigenvalue weighted by molar-refractivity contribution is 1.10. The molecule has 0 saturated carbocycles. The number of benzene rings is 1. The minimum absolute atomic E-state index is 0.933. The summed E-state index contributed by atoms with van der Waals surface area (Å²) in [6.45, 7) is 12.1. The molecule has 0 saturated heterocycles. The fourth-order valence-electron chi connectivity index (χ4n) is 2.02. The Morgan fingerprint density at radius 3 is 2.29 bits per heavy atom. The summed E-state index contributed by atoms with van der Waals surface area (Å²) in [5.74, 6) is 0. The van der Waals surface area contributed by atoms with Gasteiger partial charge in [0.1, 0.15) is 6.33 Å². The standard InChI is InChI=1S/C8H7NS.C7H7N3.2C2H6/c1-6-3-2-4-7-8(6)10-5-9-7;1-6-3-2-4-10-5-8-9-7(6)10;2*1-2/h2*2-5H,1H3;2*1-2H3. The van der Waals surface area contributed by atoms with E-state index in [4.69, 9.17) is 0 Å². The molecule has 0 amide bonds. The lowest BCUT2D eigenvalue weighted by Crippen LogP contribution is -1.83. The summed E-state index contributed by atoms with van der Waals surface area (Å²) >= 11 is 1.70. The summed E-state index contributed by atoms with van der Waals surface area (Å²) < 4.78 is 3.21. The van der Waals surface area contributed by atoms with Crippen molar-refractivity contribution in [3.63, 3.8) is 0 Å². The van der Waals surface area contributed by atoms with Crippen molar-refractivity contribution >= 4 is 27.2 Å². The number of pyridine rings is 1. The number of nitrogens with zero attached hydrogens (tertiary/aromatic N) is 4. The van der Waals surface area contributed by atoms with E-state index in [2.05, 4.69) is 28.2 Å². The van der Waals surface area contributed by atoms with Crippen LogP contribution in [0.5, 0.6) is 0 Å². The van der Waals surface area contributed by atoms with E-state index in [0.717, 1.165) is 16.7 Å². The quantitative estimate of drug-likeness (QED) is 0.412. The summed E-state index contributed by atoms with van der Waals surface area (Å²) in [6, 6.07) is 10.2. The molecule has 0 radical (unpaired) electrons. The number of aryl methyl sites for hydroxylation is 2.